The van der Waals surface area contributed by atoms with Crippen LogP contribution in [0.1, 0.15) is 83.0 Å². The van der Waals surface area contributed by atoms with Crippen LogP contribution in [0.15, 0.2) is 59.8 Å². The second-order valence-electron chi connectivity index (χ2n) is 10.3. The molecule has 6 heteroatoms. The van der Waals surface area contributed by atoms with Crippen LogP contribution in [0, 0.1) is 0 Å². The number of hydrogen-bond donors (Lipinski definition) is 1. The van der Waals surface area contributed by atoms with Crippen LogP contribution in [-0.2, 0) is 10.2 Å². The molecule has 1 aliphatic carbocycles. The molecule has 1 fully saturated rings. The van der Waals surface area contributed by atoms with Crippen LogP contribution < -0.4 is 5.32 Å². The molecule has 2 aromatic carbocycles. The van der Waals surface area contributed by atoms with Crippen molar-refractivity contribution in [1.29, 1.82) is 0 Å². The van der Waals surface area contributed by atoms with Crippen molar-refractivity contribution in [3.05, 3.63) is 65.7 Å². The first-order valence-electron chi connectivity index (χ1n) is 12.4. The number of thioether (sulfide) groups is 1. The molecule has 34 heavy (non-hydrogen) atoms. The van der Waals surface area contributed by atoms with E-state index in [1.54, 1.807) is 0 Å². The number of hydrogen-bond acceptors (Lipinski definition) is 4. The Bertz CT molecular complexity index is 1080. The largest absolute Gasteiger partial charge is 0.349 e. The molecule has 1 aromatic heterocycles. The minimum atomic E-state index is -0.0255. The van der Waals surface area contributed by atoms with E-state index in [0.717, 1.165) is 34.9 Å². The van der Waals surface area contributed by atoms with E-state index in [2.05, 4.69) is 65.1 Å². The summed E-state index contributed by atoms with van der Waals surface area (Å²) in [5.74, 6) is 1.24. The monoisotopic (exact) mass is 476 g/mol. The highest BCUT2D eigenvalue weighted by molar-refractivity contribution is 7.99. The molecule has 0 radical (unpaired) electrons. The Hall–Kier alpha value is -2.60. The van der Waals surface area contributed by atoms with Crippen LogP contribution in [0.5, 0.6) is 0 Å². The Balaban J connectivity index is 1.52. The number of aromatic nitrogens is 3. The topological polar surface area (TPSA) is 59.8 Å². The maximum atomic E-state index is 12.7. The molecule has 1 saturated carbocycles. The Morgan fingerprint density at radius 2 is 1.71 bits per heavy atom. The Morgan fingerprint density at radius 3 is 2.35 bits per heavy atom. The van der Waals surface area contributed by atoms with Crippen molar-refractivity contribution in [3.8, 4) is 11.4 Å². The van der Waals surface area contributed by atoms with Crippen molar-refractivity contribution in [2.45, 2.75) is 82.5 Å². The highest BCUT2D eigenvalue weighted by Gasteiger charge is 2.25. The van der Waals surface area contributed by atoms with E-state index in [9.17, 15) is 4.79 Å². The molecule has 1 aliphatic rings. The third-order valence-corrected chi connectivity index (χ3v) is 7.57. The van der Waals surface area contributed by atoms with Crippen molar-refractivity contribution in [2.24, 2.45) is 0 Å². The normalized spacial score (nSPS) is 15.8. The zero-order valence-corrected chi connectivity index (χ0v) is 21.6. The average molecular weight is 477 g/mol. The Morgan fingerprint density at radius 1 is 1.03 bits per heavy atom. The summed E-state index contributed by atoms with van der Waals surface area (Å²) >= 11 is 1.49. The van der Waals surface area contributed by atoms with Crippen LogP contribution in [0.2, 0.25) is 0 Å². The van der Waals surface area contributed by atoms with Gasteiger partial charge in [0, 0.05) is 11.6 Å². The molecule has 0 spiro atoms. The standard InChI is InChI=1S/C28H36N4OS/c1-20(21-11-7-5-8-12-21)29-25(33)19-34-27-31-30-26(32(27)24-13-9-6-10-14-24)22-15-17-23(18-16-22)28(2,3)4/h5,7-8,11-12,15-18,20,24H,6,9-10,13-14,19H2,1-4H3,(H,29,33)/t20-/m0/s1. The smallest absolute Gasteiger partial charge is 0.230 e. The SMILES string of the molecule is C[C@H](NC(=O)CSc1nnc(-c2ccc(C(C)(C)C)cc2)n1C1CCCCC1)c1ccccc1. The molecule has 5 nitrogen and oxygen atoms in total. The third kappa shape index (κ3) is 5.90. The number of benzene rings is 2. The predicted octanol–water partition coefficient (Wildman–Crippen LogP) is 6.72. The van der Waals surface area contributed by atoms with Gasteiger partial charge >= 0.3 is 0 Å². The van der Waals surface area contributed by atoms with E-state index in [1.807, 2.05) is 37.3 Å². The molecule has 1 atom stereocenters. The lowest BCUT2D eigenvalue weighted by molar-refractivity contribution is -0.119. The zero-order chi connectivity index (χ0) is 24.1. The zero-order valence-electron chi connectivity index (χ0n) is 20.8. The third-order valence-electron chi connectivity index (χ3n) is 6.62. The molecule has 0 bridgehead atoms. The first-order valence-corrected chi connectivity index (χ1v) is 13.3. The van der Waals surface area contributed by atoms with E-state index in [-0.39, 0.29) is 17.4 Å². The quantitative estimate of drug-likeness (QED) is 0.385. The van der Waals surface area contributed by atoms with E-state index < -0.39 is 0 Å². The van der Waals surface area contributed by atoms with Crippen molar-refractivity contribution in [2.75, 3.05) is 5.75 Å². The lowest BCUT2D eigenvalue weighted by Gasteiger charge is -2.26. The van der Waals surface area contributed by atoms with E-state index >= 15 is 0 Å². The van der Waals surface area contributed by atoms with Crippen molar-refractivity contribution < 1.29 is 4.79 Å². The van der Waals surface area contributed by atoms with Crippen LogP contribution >= 0.6 is 11.8 Å². The van der Waals surface area contributed by atoms with Gasteiger partial charge in [-0.2, -0.15) is 0 Å². The molecule has 1 heterocycles. The van der Waals surface area contributed by atoms with Crippen LogP contribution in [-0.4, -0.2) is 26.4 Å². The van der Waals surface area contributed by atoms with Crippen LogP contribution in [0.25, 0.3) is 11.4 Å². The summed E-state index contributed by atoms with van der Waals surface area (Å²) in [6.07, 6.45) is 6.01. The number of nitrogens with one attached hydrogen (secondary N) is 1. The average Bonchev–Trinajstić information content (AvgIpc) is 3.27. The van der Waals surface area contributed by atoms with E-state index in [1.165, 1.54) is 36.6 Å². The second kappa shape index (κ2) is 10.8. The molecule has 4 rings (SSSR count). The Kier molecular flexibility index (Phi) is 7.77. The van der Waals surface area contributed by atoms with E-state index in [4.69, 9.17) is 0 Å². The van der Waals surface area contributed by atoms with Gasteiger partial charge in [-0.1, -0.05) is 106 Å². The molecule has 180 valence electrons. The Labute approximate surface area is 207 Å². The van der Waals surface area contributed by atoms with E-state index in [0.29, 0.717) is 11.8 Å². The van der Waals surface area contributed by atoms with Gasteiger partial charge in [-0.15, -0.1) is 10.2 Å². The molecule has 0 aliphatic heterocycles. The fourth-order valence-corrected chi connectivity index (χ4v) is 5.41. The lowest BCUT2D eigenvalue weighted by atomic mass is 9.86. The summed E-state index contributed by atoms with van der Waals surface area (Å²) in [7, 11) is 0. The number of carbonyl (C=O) groups excluding carboxylic acids is 1. The lowest BCUT2D eigenvalue weighted by Crippen LogP contribution is -2.28. The van der Waals surface area contributed by atoms with Crippen LogP contribution in [0.3, 0.4) is 0 Å². The van der Waals surface area contributed by atoms with Gasteiger partial charge in [0.1, 0.15) is 0 Å². The van der Waals surface area contributed by atoms with Gasteiger partial charge in [0.05, 0.1) is 11.8 Å². The predicted molar refractivity (Wildman–Crippen MR) is 140 cm³/mol. The fraction of sp³-hybridized carbons (Fsp3) is 0.464. The van der Waals surface area contributed by atoms with Gasteiger partial charge < -0.3 is 5.32 Å². The van der Waals surface area contributed by atoms with Gasteiger partial charge in [-0.05, 0) is 36.3 Å². The van der Waals surface area contributed by atoms with Gasteiger partial charge in [0.15, 0.2) is 11.0 Å². The minimum Gasteiger partial charge on any atom is -0.349 e. The summed E-state index contributed by atoms with van der Waals surface area (Å²) in [5, 5.41) is 13.1. The molecule has 0 saturated heterocycles. The highest BCUT2D eigenvalue weighted by Crippen LogP contribution is 2.36. The van der Waals surface area contributed by atoms with Crippen molar-refractivity contribution in [1.82, 2.24) is 20.1 Å². The van der Waals surface area contributed by atoms with Crippen molar-refractivity contribution >= 4 is 17.7 Å². The number of carbonyl (C=O) groups is 1. The summed E-state index contributed by atoms with van der Waals surface area (Å²) in [4.78, 5) is 12.7. The molecular formula is C28H36N4OS. The maximum absolute atomic E-state index is 12.7. The van der Waals surface area contributed by atoms with Gasteiger partial charge in [0.25, 0.3) is 0 Å². The summed E-state index contributed by atoms with van der Waals surface area (Å²) in [5.41, 5.74) is 3.60. The highest BCUT2D eigenvalue weighted by atomic mass is 32.2. The van der Waals surface area contributed by atoms with Gasteiger partial charge in [-0.25, -0.2) is 0 Å². The van der Waals surface area contributed by atoms with Gasteiger partial charge in [0.2, 0.25) is 5.91 Å². The van der Waals surface area contributed by atoms with Gasteiger partial charge in [-0.3, -0.25) is 9.36 Å². The molecule has 1 amide bonds. The molecule has 0 unspecified atom stereocenters. The molecule has 3 aromatic rings. The maximum Gasteiger partial charge on any atom is 0.230 e. The molecule has 1 N–H and O–H groups in total. The summed E-state index contributed by atoms with van der Waals surface area (Å²) in [6.45, 7) is 8.70. The van der Waals surface area contributed by atoms with Crippen molar-refractivity contribution in [3.63, 3.8) is 0 Å². The number of rotatable bonds is 7. The van der Waals surface area contributed by atoms with Crippen LogP contribution in [0.4, 0.5) is 0 Å². The summed E-state index contributed by atoms with van der Waals surface area (Å²) < 4.78 is 2.30. The first-order chi connectivity index (χ1) is 16.3. The second-order valence-corrected chi connectivity index (χ2v) is 11.2. The molecular weight excluding hydrogens is 440 g/mol. The first kappa shape index (κ1) is 24.5. The fourth-order valence-electron chi connectivity index (χ4n) is 4.60. The number of amides is 1. The number of nitrogens with zero attached hydrogens (tertiary/aromatic N) is 3. The summed E-state index contributed by atoms with van der Waals surface area (Å²) in [6, 6.07) is 19.1. The minimum absolute atomic E-state index is 0.00984.